The van der Waals surface area contributed by atoms with Gasteiger partial charge in [-0.25, -0.2) is 9.50 Å². The Morgan fingerprint density at radius 3 is 2.68 bits per heavy atom. The van der Waals surface area contributed by atoms with Crippen molar-refractivity contribution >= 4 is 29.1 Å². The molecule has 0 saturated heterocycles. The summed E-state index contributed by atoms with van der Waals surface area (Å²) in [5.41, 5.74) is 2.72. The van der Waals surface area contributed by atoms with E-state index in [1.54, 1.807) is 16.6 Å². The third kappa shape index (κ3) is 3.24. The largest absolute Gasteiger partial charge is 0.388 e. The molecule has 1 atom stereocenters. The lowest BCUT2D eigenvalue weighted by Crippen LogP contribution is -2.00. The lowest BCUT2D eigenvalue weighted by atomic mass is 10.1. The molecule has 0 bridgehead atoms. The van der Waals surface area contributed by atoms with Crippen molar-refractivity contribution < 1.29 is 5.11 Å². The third-order valence-corrected chi connectivity index (χ3v) is 4.39. The minimum absolute atomic E-state index is 0.469. The van der Waals surface area contributed by atoms with E-state index < -0.39 is 6.10 Å². The van der Waals surface area contributed by atoms with Crippen LogP contribution in [0.5, 0.6) is 0 Å². The van der Waals surface area contributed by atoms with E-state index in [0.717, 1.165) is 17.0 Å². The van der Waals surface area contributed by atoms with Gasteiger partial charge >= 0.3 is 0 Å². The van der Waals surface area contributed by atoms with Gasteiger partial charge in [-0.1, -0.05) is 35.5 Å². The predicted molar refractivity (Wildman–Crippen MR) is 87.4 cm³/mol. The highest BCUT2D eigenvalue weighted by Gasteiger charge is 2.12. The molecule has 0 aliphatic heterocycles. The summed E-state index contributed by atoms with van der Waals surface area (Å²) in [6.07, 6.45) is -0.593. The lowest BCUT2D eigenvalue weighted by Gasteiger charge is -2.09. The van der Waals surface area contributed by atoms with Crippen LogP contribution in [0.1, 0.15) is 23.1 Å². The normalized spacial score (nSPS) is 12.7. The number of fused-ring (bicyclic) bond motifs is 1. The molecule has 0 fully saturated rings. The van der Waals surface area contributed by atoms with Crippen molar-refractivity contribution in [2.24, 2.45) is 0 Å². The van der Waals surface area contributed by atoms with Gasteiger partial charge in [-0.15, -0.1) is 5.10 Å². The molecule has 0 amide bonds. The maximum atomic E-state index is 10.2. The summed E-state index contributed by atoms with van der Waals surface area (Å²) < 4.78 is 1.71. The first-order valence-electron chi connectivity index (χ1n) is 6.80. The molecule has 0 saturated carbocycles. The Morgan fingerprint density at radius 2 is 1.95 bits per heavy atom. The molecule has 0 aliphatic rings. The van der Waals surface area contributed by atoms with Crippen molar-refractivity contribution in [3.8, 4) is 0 Å². The highest BCUT2D eigenvalue weighted by atomic mass is 35.5. The number of nitrogens with zero attached hydrogens (tertiary/aromatic N) is 4. The molecular formula is C15H15ClN4OS. The van der Waals surface area contributed by atoms with E-state index in [0.29, 0.717) is 21.7 Å². The highest BCUT2D eigenvalue weighted by Crippen LogP contribution is 2.24. The topological polar surface area (TPSA) is 63.3 Å². The number of aliphatic hydroxyl groups excluding tert-OH is 1. The zero-order chi connectivity index (χ0) is 15.7. The van der Waals surface area contributed by atoms with Crippen molar-refractivity contribution in [2.75, 3.05) is 5.75 Å². The standard InChI is InChI=1S/C15H15ClN4OS/c1-9-7-10(2)20-14(17-9)18-15(19-20)22-8-13(21)11-3-5-12(16)6-4-11/h3-7,13,21H,8H2,1-2H3. The number of halogens is 1. The van der Waals surface area contributed by atoms with Gasteiger partial charge in [-0.3, -0.25) is 0 Å². The number of rotatable bonds is 4. The van der Waals surface area contributed by atoms with Crippen molar-refractivity contribution in [3.63, 3.8) is 0 Å². The number of aliphatic hydroxyl groups is 1. The fourth-order valence-electron chi connectivity index (χ4n) is 2.14. The van der Waals surface area contributed by atoms with Crippen LogP contribution < -0.4 is 0 Å². The van der Waals surface area contributed by atoms with E-state index in [2.05, 4.69) is 15.1 Å². The van der Waals surface area contributed by atoms with E-state index in [1.807, 2.05) is 32.0 Å². The zero-order valence-electron chi connectivity index (χ0n) is 12.2. The number of thioether (sulfide) groups is 1. The van der Waals surface area contributed by atoms with Gasteiger partial charge in [0.15, 0.2) is 0 Å². The summed E-state index contributed by atoms with van der Waals surface area (Å²) in [4.78, 5) is 8.74. The quantitative estimate of drug-likeness (QED) is 0.742. The molecule has 2 aromatic heterocycles. The fraction of sp³-hybridized carbons (Fsp3) is 0.267. The van der Waals surface area contributed by atoms with E-state index >= 15 is 0 Å². The molecule has 5 nitrogen and oxygen atoms in total. The maximum absolute atomic E-state index is 10.2. The van der Waals surface area contributed by atoms with Gasteiger partial charge in [-0.2, -0.15) is 4.98 Å². The molecule has 1 unspecified atom stereocenters. The second kappa shape index (κ2) is 6.24. The lowest BCUT2D eigenvalue weighted by molar-refractivity contribution is 0.204. The number of hydrogen-bond donors (Lipinski definition) is 1. The molecular weight excluding hydrogens is 320 g/mol. The first kappa shape index (κ1) is 15.3. The first-order valence-corrected chi connectivity index (χ1v) is 8.16. The highest BCUT2D eigenvalue weighted by molar-refractivity contribution is 7.99. The summed E-state index contributed by atoms with van der Waals surface area (Å²) in [6.45, 7) is 3.89. The monoisotopic (exact) mass is 334 g/mol. The molecule has 3 rings (SSSR count). The number of aromatic nitrogens is 4. The summed E-state index contributed by atoms with van der Waals surface area (Å²) in [7, 11) is 0. The molecule has 0 spiro atoms. The maximum Gasteiger partial charge on any atom is 0.253 e. The predicted octanol–water partition coefficient (Wildman–Crippen LogP) is 3.22. The molecule has 7 heteroatoms. The number of aryl methyl sites for hydroxylation is 2. The van der Waals surface area contributed by atoms with Crippen molar-refractivity contribution in [3.05, 3.63) is 52.3 Å². The smallest absolute Gasteiger partial charge is 0.253 e. The Morgan fingerprint density at radius 1 is 1.23 bits per heavy atom. The van der Waals surface area contributed by atoms with Crippen LogP contribution in [0.3, 0.4) is 0 Å². The Hall–Kier alpha value is -1.63. The Kier molecular flexibility index (Phi) is 4.33. The summed E-state index contributed by atoms with van der Waals surface area (Å²) in [6, 6.07) is 9.13. The van der Waals surface area contributed by atoms with Crippen molar-refractivity contribution in [2.45, 2.75) is 25.1 Å². The second-order valence-electron chi connectivity index (χ2n) is 5.02. The number of hydrogen-bond acceptors (Lipinski definition) is 5. The van der Waals surface area contributed by atoms with Crippen LogP contribution in [0.4, 0.5) is 0 Å². The van der Waals surface area contributed by atoms with E-state index in [1.165, 1.54) is 11.8 Å². The number of benzene rings is 1. The molecule has 1 aromatic carbocycles. The molecule has 22 heavy (non-hydrogen) atoms. The van der Waals surface area contributed by atoms with E-state index in [9.17, 15) is 5.11 Å². The summed E-state index contributed by atoms with van der Waals surface area (Å²) in [5, 5.41) is 15.9. The zero-order valence-corrected chi connectivity index (χ0v) is 13.8. The molecule has 2 heterocycles. The third-order valence-electron chi connectivity index (χ3n) is 3.22. The molecule has 114 valence electrons. The molecule has 0 radical (unpaired) electrons. The van der Waals surface area contributed by atoms with Gasteiger partial charge in [0.05, 0.1) is 6.10 Å². The van der Waals surface area contributed by atoms with Gasteiger partial charge < -0.3 is 5.11 Å². The van der Waals surface area contributed by atoms with Gasteiger partial charge in [0.25, 0.3) is 5.78 Å². The van der Waals surface area contributed by atoms with Crippen molar-refractivity contribution in [1.29, 1.82) is 0 Å². The van der Waals surface area contributed by atoms with Gasteiger partial charge in [-0.05, 0) is 37.6 Å². The van der Waals surface area contributed by atoms with Crippen LogP contribution in [0.15, 0.2) is 35.5 Å². The Bertz CT molecular complexity index is 803. The molecule has 1 N–H and O–H groups in total. The van der Waals surface area contributed by atoms with E-state index in [4.69, 9.17) is 11.6 Å². The summed E-state index contributed by atoms with van der Waals surface area (Å²) in [5.74, 6) is 1.05. The van der Waals surface area contributed by atoms with Gasteiger partial charge in [0.2, 0.25) is 5.16 Å². The van der Waals surface area contributed by atoms with Gasteiger partial charge in [0.1, 0.15) is 0 Å². The fourth-order valence-corrected chi connectivity index (χ4v) is 3.05. The van der Waals surface area contributed by atoms with Crippen molar-refractivity contribution in [1.82, 2.24) is 19.6 Å². The average molecular weight is 335 g/mol. The molecule has 3 aromatic rings. The van der Waals surface area contributed by atoms with Crippen LogP contribution in [0.25, 0.3) is 5.78 Å². The minimum Gasteiger partial charge on any atom is -0.388 e. The second-order valence-corrected chi connectivity index (χ2v) is 6.45. The SMILES string of the molecule is Cc1cc(C)n2nc(SCC(O)c3ccc(Cl)cc3)nc2n1. The van der Waals surface area contributed by atoms with Crippen LogP contribution >= 0.6 is 23.4 Å². The van der Waals surface area contributed by atoms with Gasteiger partial charge in [0, 0.05) is 22.2 Å². The van der Waals surface area contributed by atoms with Crippen LogP contribution in [-0.2, 0) is 0 Å². The average Bonchev–Trinajstić information content (AvgIpc) is 2.89. The minimum atomic E-state index is -0.593. The van der Waals surface area contributed by atoms with E-state index in [-0.39, 0.29) is 0 Å². The Balaban J connectivity index is 1.73. The molecule has 0 aliphatic carbocycles. The first-order chi connectivity index (χ1) is 10.5. The summed E-state index contributed by atoms with van der Waals surface area (Å²) >= 11 is 7.25. The van der Waals surface area contributed by atoms with Crippen LogP contribution in [-0.4, -0.2) is 30.4 Å². The van der Waals surface area contributed by atoms with Crippen LogP contribution in [0, 0.1) is 13.8 Å². The Labute approximate surface area is 137 Å². The van der Waals surface area contributed by atoms with Crippen LogP contribution in [0.2, 0.25) is 5.02 Å².